The normalized spacial score (nSPS) is 26.8. The summed E-state index contributed by atoms with van der Waals surface area (Å²) in [7, 11) is 0. The molecule has 140 valence electrons. The lowest BCUT2D eigenvalue weighted by molar-refractivity contribution is -0.142. The molecule has 1 atom stereocenters. The summed E-state index contributed by atoms with van der Waals surface area (Å²) in [5, 5.41) is 12.0. The number of carbonyl (C=O) groups is 2. The van der Waals surface area contributed by atoms with Gasteiger partial charge in [-0.25, -0.2) is 0 Å². The zero-order valence-electron chi connectivity index (χ0n) is 15.0. The van der Waals surface area contributed by atoms with Crippen molar-refractivity contribution in [3.63, 3.8) is 0 Å². The number of amides is 1. The molecule has 1 aliphatic carbocycles. The van der Waals surface area contributed by atoms with Crippen LogP contribution in [0.2, 0.25) is 0 Å². The molecule has 1 amide bonds. The Morgan fingerprint density at radius 1 is 1.27 bits per heavy atom. The van der Waals surface area contributed by atoms with Crippen molar-refractivity contribution in [3.05, 3.63) is 42.2 Å². The number of carboxylic acids is 1. The topological polar surface area (TPSA) is 82.5 Å². The van der Waals surface area contributed by atoms with Crippen LogP contribution in [0.5, 0.6) is 0 Å². The van der Waals surface area contributed by atoms with E-state index in [1.807, 2.05) is 18.3 Å². The van der Waals surface area contributed by atoms with Crippen molar-refractivity contribution in [1.29, 1.82) is 0 Å². The fraction of sp³-hybridized carbons (Fsp3) is 0.550. The molecule has 6 nitrogen and oxygen atoms in total. The molecule has 0 radical (unpaired) electrons. The molecule has 6 heteroatoms. The van der Waals surface area contributed by atoms with E-state index in [0.29, 0.717) is 18.9 Å². The Balaban J connectivity index is 1.43. The van der Waals surface area contributed by atoms with Crippen molar-refractivity contribution in [1.82, 2.24) is 15.2 Å². The van der Waals surface area contributed by atoms with E-state index in [1.165, 1.54) is 5.56 Å². The van der Waals surface area contributed by atoms with E-state index in [0.717, 1.165) is 38.8 Å². The van der Waals surface area contributed by atoms with Gasteiger partial charge in [-0.15, -0.1) is 0 Å². The van der Waals surface area contributed by atoms with Crippen molar-refractivity contribution < 1.29 is 14.7 Å². The molecule has 2 N–H and O–H groups in total. The molecule has 1 saturated heterocycles. The maximum absolute atomic E-state index is 12.1. The standard InChI is InChI=1S/C20H27N3O3/c24-19(22-17-9-7-15(8-10-17)20(25)26)6-3-13-23-12-2-5-18(23)16-4-1-11-21-14-16/h1,3-4,6,11,14-15,17-18H,2,5,7-10,12-13H2,(H,22,24)(H,25,26)/b6-3+/t15-,17+,18-/m0/s1. The van der Waals surface area contributed by atoms with Gasteiger partial charge < -0.3 is 10.4 Å². The van der Waals surface area contributed by atoms with Crippen LogP contribution in [0.1, 0.15) is 50.1 Å². The van der Waals surface area contributed by atoms with E-state index in [1.54, 1.807) is 12.3 Å². The molecule has 1 aromatic heterocycles. The fourth-order valence-corrected chi connectivity index (χ4v) is 4.02. The van der Waals surface area contributed by atoms with Gasteiger partial charge in [-0.1, -0.05) is 12.1 Å². The van der Waals surface area contributed by atoms with Crippen LogP contribution in [0.15, 0.2) is 36.7 Å². The van der Waals surface area contributed by atoms with Gasteiger partial charge in [0.05, 0.1) is 5.92 Å². The summed E-state index contributed by atoms with van der Waals surface area (Å²) >= 11 is 0. The summed E-state index contributed by atoms with van der Waals surface area (Å²) in [5.74, 6) is -1.05. The van der Waals surface area contributed by atoms with Crippen LogP contribution in [0, 0.1) is 5.92 Å². The minimum atomic E-state index is -0.719. The molecule has 26 heavy (non-hydrogen) atoms. The number of carboxylic acid groups (broad SMARTS) is 1. The Morgan fingerprint density at radius 3 is 2.77 bits per heavy atom. The van der Waals surface area contributed by atoms with Crippen LogP contribution in [-0.4, -0.2) is 46.0 Å². The van der Waals surface area contributed by atoms with Gasteiger partial charge in [0.15, 0.2) is 0 Å². The summed E-state index contributed by atoms with van der Waals surface area (Å²) < 4.78 is 0. The highest BCUT2D eigenvalue weighted by Gasteiger charge is 2.27. The maximum Gasteiger partial charge on any atom is 0.306 e. The molecule has 0 aromatic carbocycles. The number of hydrogen-bond donors (Lipinski definition) is 2. The van der Waals surface area contributed by atoms with Crippen LogP contribution in [0.4, 0.5) is 0 Å². The molecule has 0 bridgehead atoms. The van der Waals surface area contributed by atoms with Crippen molar-refractivity contribution in [2.45, 2.75) is 50.6 Å². The molecule has 3 rings (SSSR count). The van der Waals surface area contributed by atoms with E-state index in [2.05, 4.69) is 21.3 Å². The van der Waals surface area contributed by atoms with E-state index in [9.17, 15) is 9.59 Å². The van der Waals surface area contributed by atoms with Crippen molar-refractivity contribution >= 4 is 11.9 Å². The number of nitrogens with one attached hydrogen (secondary N) is 1. The molecular weight excluding hydrogens is 330 g/mol. The number of aromatic nitrogens is 1. The largest absolute Gasteiger partial charge is 0.481 e. The zero-order valence-corrected chi connectivity index (χ0v) is 15.0. The first-order chi connectivity index (χ1) is 12.6. The number of pyridine rings is 1. The highest BCUT2D eigenvalue weighted by molar-refractivity contribution is 5.87. The van der Waals surface area contributed by atoms with Gasteiger partial charge in [0.25, 0.3) is 0 Å². The Bertz CT molecular complexity index is 639. The van der Waals surface area contributed by atoms with Gasteiger partial charge in [0, 0.05) is 37.1 Å². The van der Waals surface area contributed by atoms with Crippen molar-refractivity contribution in [3.8, 4) is 0 Å². The fourth-order valence-electron chi connectivity index (χ4n) is 4.02. The third-order valence-corrected chi connectivity index (χ3v) is 5.46. The van der Waals surface area contributed by atoms with Gasteiger partial charge in [-0.3, -0.25) is 19.5 Å². The molecule has 2 aliphatic rings. The van der Waals surface area contributed by atoms with Crippen LogP contribution < -0.4 is 5.32 Å². The third-order valence-electron chi connectivity index (χ3n) is 5.46. The summed E-state index contributed by atoms with van der Waals surface area (Å²) in [5.41, 5.74) is 1.23. The molecule has 2 fully saturated rings. The monoisotopic (exact) mass is 357 g/mol. The Kier molecular flexibility index (Phi) is 6.39. The van der Waals surface area contributed by atoms with Crippen LogP contribution in [-0.2, 0) is 9.59 Å². The smallest absolute Gasteiger partial charge is 0.306 e. The lowest BCUT2D eigenvalue weighted by atomic mass is 9.86. The van der Waals surface area contributed by atoms with E-state index in [4.69, 9.17) is 5.11 Å². The number of nitrogens with zero attached hydrogens (tertiary/aromatic N) is 2. The quantitative estimate of drug-likeness (QED) is 0.765. The second-order valence-electron chi connectivity index (χ2n) is 7.24. The minimum absolute atomic E-state index is 0.0825. The Morgan fingerprint density at radius 2 is 2.08 bits per heavy atom. The molecule has 1 aliphatic heterocycles. The number of likely N-dealkylation sites (tertiary alicyclic amines) is 1. The summed E-state index contributed by atoms with van der Waals surface area (Å²) in [6.07, 6.45) is 12.3. The molecule has 0 spiro atoms. The highest BCUT2D eigenvalue weighted by atomic mass is 16.4. The second-order valence-corrected chi connectivity index (χ2v) is 7.24. The molecule has 0 unspecified atom stereocenters. The number of rotatable bonds is 6. The van der Waals surface area contributed by atoms with Crippen LogP contribution in [0.3, 0.4) is 0 Å². The second kappa shape index (κ2) is 8.94. The number of aliphatic carboxylic acids is 1. The molecule has 1 aromatic rings. The summed E-state index contributed by atoms with van der Waals surface area (Å²) in [4.78, 5) is 29.7. The molecule has 1 saturated carbocycles. The van der Waals surface area contributed by atoms with Crippen molar-refractivity contribution in [2.75, 3.05) is 13.1 Å². The number of hydrogen-bond acceptors (Lipinski definition) is 4. The molecular formula is C20H27N3O3. The lowest BCUT2D eigenvalue weighted by Gasteiger charge is -2.26. The highest BCUT2D eigenvalue weighted by Crippen LogP contribution is 2.31. The summed E-state index contributed by atoms with van der Waals surface area (Å²) in [6, 6.07) is 4.55. The van der Waals surface area contributed by atoms with Crippen molar-refractivity contribution in [2.24, 2.45) is 5.92 Å². The van der Waals surface area contributed by atoms with E-state index < -0.39 is 5.97 Å². The van der Waals surface area contributed by atoms with Gasteiger partial charge >= 0.3 is 5.97 Å². The third kappa shape index (κ3) is 4.91. The average Bonchev–Trinajstić information content (AvgIpc) is 3.11. The first-order valence-electron chi connectivity index (χ1n) is 9.47. The maximum atomic E-state index is 12.1. The number of carbonyl (C=O) groups excluding carboxylic acids is 1. The first-order valence-corrected chi connectivity index (χ1v) is 9.47. The van der Waals surface area contributed by atoms with Crippen LogP contribution >= 0.6 is 0 Å². The predicted octanol–water partition coefficient (Wildman–Crippen LogP) is 2.53. The Labute approximate surface area is 154 Å². The van der Waals surface area contributed by atoms with Gasteiger partial charge in [-0.2, -0.15) is 0 Å². The van der Waals surface area contributed by atoms with E-state index in [-0.39, 0.29) is 17.9 Å². The minimum Gasteiger partial charge on any atom is -0.481 e. The first kappa shape index (κ1) is 18.6. The SMILES string of the molecule is O=C(/C=C/CN1CCC[C@H]1c1cccnc1)N[C@H]1CC[C@@H](C(=O)O)CC1. The zero-order chi connectivity index (χ0) is 18.4. The van der Waals surface area contributed by atoms with Gasteiger partial charge in [0.2, 0.25) is 5.91 Å². The predicted molar refractivity (Wildman–Crippen MR) is 98.4 cm³/mol. The summed E-state index contributed by atoms with van der Waals surface area (Å²) in [6.45, 7) is 1.78. The Hall–Kier alpha value is -2.21. The van der Waals surface area contributed by atoms with Gasteiger partial charge in [0.1, 0.15) is 0 Å². The van der Waals surface area contributed by atoms with Gasteiger partial charge in [-0.05, 0) is 56.7 Å². The van der Waals surface area contributed by atoms with Crippen LogP contribution in [0.25, 0.3) is 0 Å². The molecule has 2 heterocycles. The average molecular weight is 357 g/mol. The lowest BCUT2D eigenvalue weighted by Crippen LogP contribution is -2.38. The van der Waals surface area contributed by atoms with E-state index >= 15 is 0 Å².